The van der Waals surface area contributed by atoms with Crippen LogP contribution in [0.25, 0.3) is 0 Å². The Morgan fingerprint density at radius 2 is 1.83 bits per heavy atom. The first-order valence-electron chi connectivity index (χ1n) is 5.99. The molecule has 1 aromatic heterocycles. The van der Waals surface area contributed by atoms with E-state index in [9.17, 15) is 0 Å². The van der Waals surface area contributed by atoms with E-state index in [-0.39, 0.29) is 18.6 Å². The number of hydrogen-bond acceptors (Lipinski definition) is 6. The average Bonchev–Trinajstić information content (AvgIpc) is 2.40. The fourth-order valence-corrected chi connectivity index (χ4v) is 1.08. The monoisotopic (exact) mass is 250 g/mol. The number of terminal acetylenes is 1. The third kappa shape index (κ3) is 4.87. The summed E-state index contributed by atoms with van der Waals surface area (Å²) < 4.78 is 10.5. The summed E-state index contributed by atoms with van der Waals surface area (Å²) in [6.07, 6.45) is 6.97. The standard InChI is InChI=1S/C12H18N4O2/c1-4-7-13-10-14-11(17-8-5-2)16-12(15-10)18-9-6-3/h2H,4,6-9H2,1,3H3,(H,13,14,15,16). The Balaban J connectivity index is 2.78. The second-order valence-electron chi connectivity index (χ2n) is 3.49. The van der Waals surface area contributed by atoms with E-state index in [2.05, 4.69) is 33.1 Å². The maximum absolute atomic E-state index is 5.36. The van der Waals surface area contributed by atoms with Gasteiger partial charge in [-0.3, -0.25) is 0 Å². The van der Waals surface area contributed by atoms with Crippen LogP contribution in [0.2, 0.25) is 0 Å². The lowest BCUT2D eigenvalue weighted by Gasteiger charge is -2.08. The van der Waals surface area contributed by atoms with Crippen molar-refractivity contribution in [2.24, 2.45) is 0 Å². The zero-order valence-corrected chi connectivity index (χ0v) is 10.8. The lowest BCUT2D eigenvalue weighted by molar-refractivity contribution is 0.276. The van der Waals surface area contributed by atoms with Crippen LogP contribution in [-0.2, 0) is 0 Å². The number of nitrogens with zero attached hydrogens (tertiary/aromatic N) is 3. The van der Waals surface area contributed by atoms with Gasteiger partial charge in [0.1, 0.15) is 0 Å². The molecule has 18 heavy (non-hydrogen) atoms. The normalized spacial score (nSPS) is 9.61. The molecule has 0 spiro atoms. The topological polar surface area (TPSA) is 69.2 Å². The molecule has 0 unspecified atom stereocenters. The van der Waals surface area contributed by atoms with Crippen LogP contribution in [0, 0.1) is 12.3 Å². The average molecular weight is 250 g/mol. The molecule has 0 fully saturated rings. The molecule has 1 aromatic rings. The number of ether oxygens (including phenoxy) is 2. The van der Waals surface area contributed by atoms with Gasteiger partial charge in [-0.25, -0.2) is 0 Å². The van der Waals surface area contributed by atoms with E-state index in [1.807, 2.05) is 6.92 Å². The summed E-state index contributed by atoms with van der Waals surface area (Å²) in [5.74, 6) is 2.79. The third-order valence-corrected chi connectivity index (χ3v) is 1.85. The lowest BCUT2D eigenvalue weighted by atomic mass is 10.5. The summed E-state index contributed by atoms with van der Waals surface area (Å²) in [5, 5.41) is 3.05. The van der Waals surface area contributed by atoms with Crippen molar-refractivity contribution >= 4 is 5.95 Å². The quantitative estimate of drug-likeness (QED) is 0.705. The largest absolute Gasteiger partial charge is 0.463 e. The molecule has 0 aromatic carbocycles. The van der Waals surface area contributed by atoms with Crippen LogP contribution in [0.1, 0.15) is 26.7 Å². The van der Waals surface area contributed by atoms with Crippen molar-refractivity contribution in [1.82, 2.24) is 15.0 Å². The van der Waals surface area contributed by atoms with Crippen molar-refractivity contribution in [1.29, 1.82) is 0 Å². The number of rotatable bonds is 8. The summed E-state index contributed by atoms with van der Waals surface area (Å²) in [5.41, 5.74) is 0. The van der Waals surface area contributed by atoms with E-state index in [1.165, 1.54) is 0 Å². The van der Waals surface area contributed by atoms with Gasteiger partial charge in [-0.2, -0.15) is 9.97 Å². The summed E-state index contributed by atoms with van der Waals surface area (Å²) >= 11 is 0. The molecule has 6 heteroatoms. The minimum absolute atomic E-state index is 0.116. The van der Waals surface area contributed by atoms with Crippen LogP contribution in [-0.4, -0.2) is 34.7 Å². The second kappa shape index (κ2) is 8.12. The molecule has 0 radical (unpaired) electrons. The molecule has 6 nitrogen and oxygen atoms in total. The smallest absolute Gasteiger partial charge is 0.325 e. The third-order valence-electron chi connectivity index (χ3n) is 1.85. The van der Waals surface area contributed by atoms with Crippen molar-refractivity contribution in [3.63, 3.8) is 0 Å². The number of hydrogen-bond donors (Lipinski definition) is 1. The van der Waals surface area contributed by atoms with E-state index in [1.54, 1.807) is 0 Å². The SMILES string of the molecule is C#CCOc1nc(NCCC)nc(OCCC)n1. The zero-order valence-electron chi connectivity index (χ0n) is 10.8. The van der Waals surface area contributed by atoms with Crippen molar-refractivity contribution in [3.05, 3.63) is 0 Å². The molecule has 0 saturated carbocycles. The predicted molar refractivity (Wildman–Crippen MR) is 68.7 cm³/mol. The molecule has 0 atom stereocenters. The van der Waals surface area contributed by atoms with Gasteiger partial charge in [-0.1, -0.05) is 19.8 Å². The van der Waals surface area contributed by atoms with Crippen LogP contribution >= 0.6 is 0 Å². The number of aromatic nitrogens is 3. The minimum atomic E-state index is 0.116. The summed E-state index contributed by atoms with van der Waals surface area (Å²) in [4.78, 5) is 12.2. The van der Waals surface area contributed by atoms with E-state index >= 15 is 0 Å². The molecular weight excluding hydrogens is 232 g/mol. The van der Waals surface area contributed by atoms with Crippen molar-refractivity contribution in [3.8, 4) is 24.4 Å². The highest BCUT2D eigenvalue weighted by molar-refractivity contribution is 5.27. The molecule has 1 N–H and O–H groups in total. The molecule has 1 rings (SSSR count). The van der Waals surface area contributed by atoms with Gasteiger partial charge in [0.2, 0.25) is 5.95 Å². The van der Waals surface area contributed by atoms with Gasteiger partial charge >= 0.3 is 12.0 Å². The molecule has 0 aliphatic rings. The van der Waals surface area contributed by atoms with Crippen LogP contribution < -0.4 is 14.8 Å². The highest BCUT2D eigenvalue weighted by atomic mass is 16.5. The van der Waals surface area contributed by atoms with Gasteiger partial charge in [0.25, 0.3) is 0 Å². The van der Waals surface area contributed by atoms with Crippen LogP contribution in [0.15, 0.2) is 0 Å². The fraction of sp³-hybridized carbons (Fsp3) is 0.583. The predicted octanol–water partition coefficient (Wildman–Crippen LogP) is 1.49. The summed E-state index contributed by atoms with van der Waals surface area (Å²) in [6, 6.07) is 0.421. The Bertz CT molecular complexity index is 377. The van der Waals surface area contributed by atoms with Gasteiger partial charge < -0.3 is 14.8 Å². The Morgan fingerprint density at radius 3 is 2.44 bits per heavy atom. The van der Waals surface area contributed by atoms with E-state index in [0.29, 0.717) is 12.6 Å². The molecule has 0 aliphatic carbocycles. The number of nitrogens with one attached hydrogen (secondary N) is 1. The van der Waals surface area contributed by atoms with Gasteiger partial charge in [-0.15, -0.1) is 11.4 Å². The summed E-state index contributed by atoms with van der Waals surface area (Å²) in [7, 11) is 0. The summed E-state index contributed by atoms with van der Waals surface area (Å²) in [6.45, 7) is 5.49. The van der Waals surface area contributed by atoms with Crippen LogP contribution in [0.3, 0.4) is 0 Å². The van der Waals surface area contributed by atoms with Gasteiger partial charge in [0, 0.05) is 6.54 Å². The Kier molecular flexibility index (Phi) is 6.33. The van der Waals surface area contributed by atoms with E-state index in [4.69, 9.17) is 15.9 Å². The molecule has 0 amide bonds. The maximum Gasteiger partial charge on any atom is 0.325 e. The number of anilines is 1. The van der Waals surface area contributed by atoms with E-state index in [0.717, 1.165) is 19.4 Å². The Labute approximate surface area is 107 Å². The maximum atomic E-state index is 5.36. The van der Waals surface area contributed by atoms with Gasteiger partial charge in [0.15, 0.2) is 6.61 Å². The van der Waals surface area contributed by atoms with Gasteiger partial charge in [0.05, 0.1) is 6.61 Å². The molecule has 1 heterocycles. The molecule has 98 valence electrons. The fourth-order valence-electron chi connectivity index (χ4n) is 1.08. The van der Waals surface area contributed by atoms with Gasteiger partial charge in [-0.05, 0) is 12.8 Å². The first-order chi connectivity index (χ1) is 8.80. The Hall–Kier alpha value is -2.03. The Morgan fingerprint density at radius 1 is 1.11 bits per heavy atom. The lowest BCUT2D eigenvalue weighted by Crippen LogP contribution is -2.10. The molecule has 0 bridgehead atoms. The molecular formula is C12H18N4O2. The second-order valence-corrected chi connectivity index (χ2v) is 3.49. The van der Waals surface area contributed by atoms with Crippen LogP contribution in [0.5, 0.6) is 12.0 Å². The first kappa shape index (κ1) is 14.0. The zero-order chi connectivity index (χ0) is 13.2. The van der Waals surface area contributed by atoms with Crippen molar-refractivity contribution in [2.45, 2.75) is 26.7 Å². The first-order valence-corrected chi connectivity index (χ1v) is 5.99. The van der Waals surface area contributed by atoms with Crippen molar-refractivity contribution < 1.29 is 9.47 Å². The van der Waals surface area contributed by atoms with Crippen molar-refractivity contribution in [2.75, 3.05) is 25.1 Å². The highest BCUT2D eigenvalue weighted by Crippen LogP contribution is 2.13. The molecule has 0 aliphatic heterocycles. The minimum Gasteiger partial charge on any atom is -0.463 e. The van der Waals surface area contributed by atoms with Crippen LogP contribution in [0.4, 0.5) is 5.95 Å². The molecule has 0 saturated heterocycles. The van der Waals surface area contributed by atoms with E-state index < -0.39 is 0 Å². The highest BCUT2D eigenvalue weighted by Gasteiger charge is 2.07.